The van der Waals surface area contributed by atoms with Crippen LogP contribution in [0.4, 0.5) is 10.1 Å². The molecule has 0 fully saturated rings. The predicted molar refractivity (Wildman–Crippen MR) is 92.8 cm³/mol. The maximum atomic E-state index is 13.5. The highest BCUT2D eigenvalue weighted by atomic mass is 35.5. The van der Waals surface area contributed by atoms with Crippen LogP contribution in [0.2, 0.25) is 10.0 Å². The number of carbonyl (C=O) groups is 1. The Kier molecular flexibility index (Phi) is 5.75. The molecule has 2 rings (SSSR count). The van der Waals surface area contributed by atoms with Gasteiger partial charge in [0, 0.05) is 5.02 Å². The van der Waals surface area contributed by atoms with E-state index in [1.54, 1.807) is 0 Å². The first-order chi connectivity index (χ1) is 11.1. The molecule has 0 heterocycles. The number of carbonyl (C=O) groups excluding carboxylic acids is 1. The molecular formula is C15H11Cl3FNO3S. The van der Waals surface area contributed by atoms with Crippen LogP contribution in [0.25, 0.3) is 0 Å². The lowest BCUT2D eigenvalue weighted by atomic mass is 10.2. The van der Waals surface area contributed by atoms with Gasteiger partial charge in [-0.2, -0.15) is 0 Å². The van der Waals surface area contributed by atoms with E-state index >= 15 is 0 Å². The quantitative estimate of drug-likeness (QED) is 0.683. The Morgan fingerprint density at radius 3 is 2.42 bits per heavy atom. The zero-order valence-corrected chi connectivity index (χ0v) is 15.3. The van der Waals surface area contributed by atoms with E-state index in [-0.39, 0.29) is 20.6 Å². The van der Waals surface area contributed by atoms with Crippen LogP contribution in [0.1, 0.15) is 6.92 Å². The van der Waals surface area contributed by atoms with Gasteiger partial charge < -0.3 is 0 Å². The molecule has 2 aromatic rings. The normalized spacial score (nSPS) is 12.7. The van der Waals surface area contributed by atoms with E-state index in [2.05, 4.69) is 0 Å². The largest absolute Gasteiger partial charge is 0.279 e. The lowest BCUT2D eigenvalue weighted by molar-refractivity contribution is -0.112. The van der Waals surface area contributed by atoms with Gasteiger partial charge in [-0.3, -0.25) is 9.10 Å². The highest BCUT2D eigenvalue weighted by Crippen LogP contribution is 2.32. The van der Waals surface area contributed by atoms with Crippen LogP contribution in [-0.2, 0) is 14.8 Å². The summed E-state index contributed by atoms with van der Waals surface area (Å²) < 4.78 is 40.3. The fraction of sp³-hybridized carbons (Fsp3) is 0.133. The number of hydrogen-bond donors (Lipinski definition) is 0. The van der Waals surface area contributed by atoms with Crippen molar-refractivity contribution in [3.8, 4) is 0 Å². The summed E-state index contributed by atoms with van der Waals surface area (Å²) in [4.78, 5) is 11.3. The summed E-state index contributed by atoms with van der Waals surface area (Å²) in [6, 6.07) is 7.39. The Hall–Kier alpha value is -1.34. The van der Waals surface area contributed by atoms with Gasteiger partial charge >= 0.3 is 0 Å². The van der Waals surface area contributed by atoms with Crippen LogP contribution in [0.5, 0.6) is 0 Å². The molecule has 0 spiro atoms. The molecule has 0 bridgehead atoms. The SMILES string of the molecule is CC(C(=O)Cl)N(c1cccc(F)c1)S(=O)(=O)c1cc(Cl)ccc1Cl. The van der Waals surface area contributed by atoms with Crippen LogP contribution in [-0.4, -0.2) is 19.7 Å². The summed E-state index contributed by atoms with van der Waals surface area (Å²) in [5.74, 6) is -0.667. The van der Waals surface area contributed by atoms with E-state index in [9.17, 15) is 17.6 Å². The Balaban J connectivity index is 2.70. The van der Waals surface area contributed by atoms with Crippen LogP contribution in [0, 0.1) is 5.82 Å². The van der Waals surface area contributed by atoms with Gasteiger partial charge in [-0.1, -0.05) is 29.3 Å². The van der Waals surface area contributed by atoms with Crippen molar-refractivity contribution >= 4 is 55.8 Å². The second-order valence-electron chi connectivity index (χ2n) is 4.84. The standard InChI is InChI=1S/C15H11Cl3FNO3S/c1-9(15(18)21)20(12-4-2-3-11(19)8-12)24(22,23)14-7-10(16)5-6-13(14)17/h2-9H,1H3. The van der Waals surface area contributed by atoms with Gasteiger partial charge in [0.2, 0.25) is 5.24 Å². The van der Waals surface area contributed by atoms with Crippen LogP contribution in [0.15, 0.2) is 47.4 Å². The van der Waals surface area contributed by atoms with Crippen molar-refractivity contribution in [1.82, 2.24) is 0 Å². The lowest BCUT2D eigenvalue weighted by Crippen LogP contribution is -2.42. The second-order valence-corrected chi connectivity index (χ2v) is 7.84. The Morgan fingerprint density at radius 2 is 1.83 bits per heavy atom. The summed E-state index contributed by atoms with van der Waals surface area (Å²) in [6.45, 7) is 1.29. The molecular weight excluding hydrogens is 400 g/mol. The molecule has 2 aromatic carbocycles. The molecule has 0 aliphatic heterocycles. The van der Waals surface area contributed by atoms with Crippen molar-refractivity contribution in [3.63, 3.8) is 0 Å². The van der Waals surface area contributed by atoms with E-state index < -0.39 is 27.1 Å². The molecule has 0 radical (unpaired) electrons. The Bertz CT molecular complexity index is 889. The van der Waals surface area contributed by atoms with E-state index in [1.165, 1.54) is 31.2 Å². The van der Waals surface area contributed by atoms with Crippen LogP contribution in [0.3, 0.4) is 0 Å². The number of nitrogens with zero attached hydrogens (tertiary/aromatic N) is 1. The fourth-order valence-electron chi connectivity index (χ4n) is 2.06. The average Bonchev–Trinajstić information content (AvgIpc) is 2.49. The molecule has 1 atom stereocenters. The van der Waals surface area contributed by atoms with Gasteiger partial charge in [-0.15, -0.1) is 0 Å². The third-order valence-electron chi connectivity index (χ3n) is 3.17. The van der Waals surface area contributed by atoms with E-state index in [1.807, 2.05) is 0 Å². The molecule has 1 unspecified atom stereocenters. The maximum absolute atomic E-state index is 13.5. The minimum absolute atomic E-state index is 0.0625. The molecule has 128 valence electrons. The van der Waals surface area contributed by atoms with E-state index in [4.69, 9.17) is 34.8 Å². The van der Waals surface area contributed by atoms with Crippen molar-refractivity contribution in [2.45, 2.75) is 17.9 Å². The lowest BCUT2D eigenvalue weighted by Gasteiger charge is -2.28. The van der Waals surface area contributed by atoms with Gasteiger partial charge in [-0.05, 0) is 54.9 Å². The molecule has 4 nitrogen and oxygen atoms in total. The number of hydrogen-bond acceptors (Lipinski definition) is 3. The smallest absolute Gasteiger partial charge is 0.266 e. The molecule has 0 saturated heterocycles. The summed E-state index contributed by atoms with van der Waals surface area (Å²) >= 11 is 17.3. The maximum Gasteiger partial charge on any atom is 0.266 e. The number of halogens is 4. The van der Waals surface area contributed by atoms with Crippen LogP contribution >= 0.6 is 34.8 Å². The van der Waals surface area contributed by atoms with Gasteiger partial charge in [-0.25, -0.2) is 12.8 Å². The number of rotatable bonds is 5. The second kappa shape index (κ2) is 7.27. The van der Waals surface area contributed by atoms with Gasteiger partial charge in [0.05, 0.1) is 10.7 Å². The van der Waals surface area contributed by atoms with Crippen molar-refractivity contribution in [2.75, 3.05) is 4.31 Å². The van der Waals surface area contributed by atoms with E-state index in [0.717, 1.165) is 18.2 Å². The third-order valence-corrected chi connectivity index (χ3v) is 6.10. The average molecular weight is 411 g/mol. The first-order valence-corrected chi connectivity index (χ1v) is 9.16. The topological polar surface area (TPSA) is 54.5 Å². The minimum atomic E-state index is -4.32. The number of anilines is 1. The van der Waals surface area contributed by atoms with Crippen molar-refractivity contribution in [1.29, 1.82) is 0 Å². The first-order valence-electron chi connectivity index (χ1n) is 6.59. The summed E-state index contributed by atoms with van der Waals surface area (Å²) in [7, 11) is -4.32. The minimum Gasteiger partial charge on any atom is -0.279 e. The predicted octanol–water partition coefficient (Wildman–Crippen LogP) is 4.48. The van der Waals surface area contributed by atoms with E-state index in [0.29, 0.717) is 4.31 Å². The van der Waals surface area contributed by atoms with Crippen molar-refractivity contribution in [3.05, 3.63) is 58.3 Å². The number of sulfonamides is 1. The molecule has 0 N–H and O–H groups in total. The highest BCUT2D eigenvalue weighted by molar-refractivity contribution is 7.93. The Labute approximate surface area is 153 Å². The molecule has 0 saturated carbocycles. The van der Waals surface area contributed by atoms with Crippen LogP contribution < -0.4 is 4.31 Å². The zero-order valence-electron chi connectivity index (χ0n) is 12.2. The highest BCUT2D eigenvalue weighted by Gasteiger charge is 2.34. The molecule has 0 aliphatic rings. The molecule has 9 heteroatoms. The first kappa shape index (κ1) is 19.0. The Morgan fingerprint density at radius 1 is 1.17 bits per heavy atom. The summed E-state index contributed by atoms with van der Waals surface area (Å²) in [5, 5.41) is -0.877. The van der Waals surface area contributed by atoms with Crippen molar-refractivity contribution in [2.24, 2.45) is 0 Å². The molecule has 0 aliphatic carbocycles. The third kappa shape index (κ3) is 3.83. The van der Waals surface area contributed by atoms with Gasteiger partial charge in [0.1, 0.15) is 16.8 Å². The van der Waals surface area contributed by atoms with Crippen molar-refractivity contribution < 1.29 is 17.6 Å². The summed E-state index contributed by atoms with van der Waals surface area (Å²) in [6.07, 6.45) is 0. The fourth-order valence-corrected chi connectivity index (χ4v) is 4.56. The number of benzene rings is 2. The molecule has 0 amide bonds. The zero-order chi connectivity index (χ0) is 18.1. The molecule has 24 heavy (non-hydrogen) atoms. The monoisotopic (exact) mass is 409 g/mol. The van der Waals surface area contributed by atoms with Gasteiger partial charge in [0.25, 0.3) is 10.0 Å². The summed E-state index contributed by atoms with van der Waals surface area (Å²) in [5.41, 5.74) is -0.0625. The van der Waals surface area contributed by atoms with Gasteiger partial charge in [0.15, 0.2) is 0 Å². The molecule has 0 aromatic heterocycles.